The molecule has 3 N–H and O–H groups in total. The summed E-state index contributed by atoms with van der Waals surface area (Å²) in [4.78, 5) is 0. The third-order valence-corrected chi connectivity index (χ3v) is 3.31. The second kappa shape index (κ2) is 5.08. The lowest BCUT2D eigenvalue weighted by atomic mass is 10.3. The van der Waals surface area contributed by atoms with Gasteiger partial charge in [0.2, 0.25) is 0 Å². The van der Waals surface area contributed by atoms with Crippen LogP contribution in [0.2, 0.25) is 10.0 Å². The zero-order valence-electron chi connectivity index (χ0n) is 10.2. The molecule has 2 rings (SSSR count). The average molecular weight is 285 g/mol. The van der Waals surface area contributed by atoms with Gasteiger partial charge in [0.15, 0.2) is 5.82 Å². The number of anilines is 3. The van der Waals surface area contributed by atoms with E-state index in [-0.39, 0.29) is 0 Å². The molecule has 0 fully saturated rings. The average Bonchev–Trinajstić information content (AvgIpc) is 2.61. The van der Waals surface area contributed by atoms with E-state index < -0.39 is 0 Å². The van der Waals surface area contributed by atoms with Gasteiger partial charge in [-0.15, -0.1) is 0 Å². The Morgan fingerprint density at radius 3 is 2.50 bits per heavy atom. The number of nitrogens with one attached hydrogen (secondary N) is 1. The molecule has 1 aromatic heterocycles. The minimum absolute atomic E-state index is 0.545. The van der Waals surface area contributed by atoms with Gasteiger partial charge in [-0.2, -0.15) is 5.10 Å². The van der Waals surface area contributed by atoms with Crippen LogP contribution in [0.25, 0.3) is 0 Å². The van der Waals surface area contributed by atoms with Crippen LogP contribution >= 0.6 is 23.2 Å². The van der Waals surface area contributed by atoms with Crippen molar-refractivity contribution in [2.45, 2.75) is 20.4 Å². The van der Waals surface area contributed by atoms with Gasteiger partial charge in [-0.1, -0.05) is 29.3 Å². The lowest BCUT2D eigenvalue weighted by molar-refractivity contribution is 0.661. The van der Waals surface area contributed by atoms with E-state index in [1.807, 2.05) is 13.8 Å². The van der Waals surface area contributed by atoms with Crippen molar-refractivity contribution in [1.29, 1.82) is 0 Å². The quantitative estimate of drug-likeness (QED) is 0.900. The molecule has 2 aromatic rings. The van der Waals surface area contributed by atoms with Crippen LogP contribution in [0.15, 0.2) is 18.2 Å². The van der Waals surface area contributed by atoms with Crippen LogP contribution in [0.5, 0.6) is 0 Å². The van der Waals surface area contributed by atoms with Crippen molar-refractivity contribution in [2.24, 2.45) is 0 Å². The molecule has 0 amide bonds. The molecule has 0 aliphatic carbocycles. The maximum absolute atomic E-state index is 6.12. The lowest BCUT2D eigenvalue weighted by Crippen LogP contribution is -2.04. The molecule has 0 spiro atoms. The van der Waals surface area contributed by atoms with E-state index in [1.165, 1.54) is 0 Å². The summed E-state index contributed by atoms with van der Waals surface area (Å²) in [6.45, 7) is 4.56. The predicted molar refractivity (Wildman–Crippen MR) is 76.8 cm³/mol. The number of aryl methyl sites for hydroxylation is 2. The summed E-state index contributed by atoms with van der Waals surface area (Å²) in [5.74, 6) is 0.713. The molecular weight excluding hydrogens is 271 g/mol. The third kappa shape index (κ3) is 2.26. The maximum atomic E-state index is 6.12. The van der Waals surface area contributed by atoms with Crippen LogP contribution in [0.4, 0.5) is 17.2 Å². The summed E-state index contributed by atoms with van der Waals surface area (Å²) in [7, 11) is 0. The van der Waals surface area contributed by atoms with E-state index in [1.54, 1.807) is 22.9 Å². The fraction of sp³-hybridized carbons (Fsp3) is 0.250. The first-order chi connectivity index (χ1) is 8.54. The Bertz CT molecular complexity index is 557. The third-order valence-electron chi connectivity index (χ3n) is 2.68. The van der Waals surface area contributed by atoms with Gasteiger partial charge in [-0.05, 0) is 26.0 Å². The summed E-state index contributed by atoms with van der Waals surface area (Å²) < 4.78 is 1.78. The highest BCUT2D eigenvalue weighted by Gasteiger charge is 2.14. The van der Waals surface area contributed by atoms with Crippen molar-refractivity contribution in [3.63, 3.8) is 0 Å². The molecule has 0 radical (unpaired) electrons. The van der Waals surface area contributed by atoms with E-state index in [0.717, 1.165) is 5.69 Å². The van der Waals surface area contributed by atoms with Crippen LogP contribution in [-0.2, 0) is 6.54 Å². The lowest BCUT2D eigenvalue weighted by Gasteiger charge is -2.12. The number of nitrogen functional groups attached to an aromatic ring is 1. The molecule has 0 saturated carbocycles. The molecule has 0 atom stereocenters. The van der Waals surface area contributed by atoms with Gasteiger partial charge in [0.05, 0.1) is 27.1 Å². The molecule has 1 heterocycles. The molecule has 1 aromatic carbocycles. The summed E-state index contributed by atoms with van der Waals surface area (Å²) in [6, 6.07) is 5.33. The van der Waals surface area contributed by atoms with E-state index >= 15 is 0 Å². The molecule has 96 valence electrons. The highest BCUT2D eigenvalue weighted by Crippen LogP contribution is 2.34. The normalized spacial score (nSPS) is 10.7. The number of nitrogens with two attached hydrogens (primary N) is 1. The van der Waals surface area contributed by atoms with Crippen molar-refractivity contribution in [2.75, 3.05) is 11.1 Å². The Morgan fingerprint density at radius 1 is 1.33 bits per heavy atom. The van der Waals surface area contributed by atoms with Crippen LogP contribution < -0.4 is 11.1 Å². The highest BCUT2D eigenvalue weighted by molar-refractivity contribution is 6.39. The molecule has 0 bridgehead atoms. The highest BCUT2D eigenvalue weighted by atomic mass is 35.5. The SMILES string of the molecule is CCn1nc(C)c(N)c1Nc1c(Cl)cccc1Cl. The Kier molecular flexibility index (Phi) is 3.68. The fourth-order valence-corrected chi connectivity index (χ4v) is 2.18. The monoisotopic (exact) mass is 284 g/mol. The summed E-state index contributed by atoms with van der Waals surface area (Å²) in [5.41, 5.74) is 8.02. The Hall–Kier alpha value is -1.39. The first kappa shape index (κ1) is 13.1. The summed E-state index contributed by atoms with van der Waals surface area (Å²) in [6.07, 6.45) is 0. The van der Waals surface area contributed by atoms with Gasteiger partial charge in [-0.3, -0.25) is 0 Å². The van der Waals surface area contributed by atoms with Crippen LogP contribution in [0.1, 0.15) is 12.6 Å². The van der Waals surface area contributed by atoms with Gasteiger partial charge in [-0.25, -0.2) is 4.68 Å². The van der Waals surface area contributed by atoms with E-state index in [9.17, 15) is 0 Å². The number of aromatic nitrogens is 2. The first-order valence-corrected chi connectivity index (χ1v) is 6.34. The van der Waals surface area contributed by atoms with Crippen LogP contribution in [-0.4, -0.2) is 9.78 Å². The van der Waals surface area contributed by atoms with Gasteiger partial charge in [0.1, 0.15) is 0 Å². The van der Waals surface area contributed by atoms with Crippen LogP contribution in [0, 0.1) is 6.92 Å². The summed E-state index contributed by atoms with van der Waals surface area (Å²) in [5, 5.41) is 8.58. The molecule has 4 nitrogen and oxygen atoms in total. The van der Waals surface area contributed by atoms with Gasteiger partial charge in [0.25, 0.3) is 0 Å². The van der Waals surface area contributed by atoms with Crippen molar-refractivity contribution in [3.8, 4) is 0 Å². The number of nitrogens with zero attached hydrogens (tertiary/aromatic N) is 2. The van der Waals surface area contributed by atoms with E-state index in [2.05, 4.69) is 10.4 Å². The number of halogens is 2. The first-order valence-electron chi connectivity index (χ1n) is 5.58. The second-order valence-electron chi connectivity index (χ2n) is 3.89. The fourth-order valence-electron chi connectivity index (χ4n) is 1.69. The molecule has 6 heteroatoms. The molecule has 0 aliphatic heterocycles. The predicted octanol–water partition coefficient (Wildman–Crippen LogP) is 3.84. The van der Waals surface area contributed by atoms with Crippen molar-refractivity contribution in [1.82, 2.24) is 9.78 Å². The molecule has 0 saturated heterocycles. The second-order valence-corrected chi connectivity index (χ2v) is 4.70. The minimum Gasteiger partial charge on any atom is -0.394 e. The Labute approximate surface area is 116 Å². The zero-order valence-corrected chi connectivity index (χ0v) is 11.7. The van der Waals surface area contributed by atoms with Crippen molar-refractivity contribution >= 4 is 40.4 Å². The Balaban J connectivity index is 2.46. The van der Waals surface area contributed by atoms with Crippen molar-refractivity contribution in [3.05, 3.63) is 33.9 Å². The minimum atomic E-state index is 0.545. The van der Waals surface area contributed by atoms with E-state index in [0.29, 0.717) is 33.8 Å². The largest absolute Gasteiger partial charge is 0.394 e. The van der Waals surface area contributed by atoms with Gasteiger partial charge >= 0.3 is 0 Å². The van der Waals surface area contributed by atoms with Crippen molar-refractivity contribution < 1.29 is 0 Å². The standard InChI is InChI=1S/C12H14Cl2N4/c1-3-18-12(10(15)7(2)17-18)16-11-8(13)5-4-6-9(11)14/h4-6,16H,3,15H2,1-2H3. The molecule has 0 aliphatic rings. The molecular formula is C12H14Cl2N4. The summed E-state index contributed by atoms with van der Waals surface area (Å²) >= 11 is 12.2. The number of hydrogen-bond acceptors (Lipinski definition) is 3. The number of para-hydroxylation sites is 1. The van der Waals surface area contributed by atoms with Gasteiger partial charge < -0.3 is 11.1 Å². The molecule has 18 heavy (non-hydrogen) atoms. The Morgan fingerprint density at radius 2 is 1.94 bits per heavy atom. The topological polar surface area (TPSA) is 55.9 Å². The van der Waals surface area contributed by atoms with Gasteiger partial charge in [0, 0.05) is 6.54 Å². The number of benzene rings is 1. The zero-order chi connectivity index (χ0) is 13.3. The molecule has 0 unspecified atom stereocenters. The van der Waals surface area contributed by atoms with Crippen LogP contribution in [0.3, 0.4) is 0 Å². The number of hydrogen-bond donors (Lipinski definition) is 2. The maximum Gasteiger partial charge on any atom is 0.152 e. The van der Waals surface area contributed by atoms with E-state index in [4.69, 9.17) is 28.9 Å². The number of rotatable bonds is 3. The smallest absolute Gasteiger partial charge is 0.152 e.